The van der Waals surface area contributed by atoms with Gasteiger partial charge in [0, 0.05) is 16.6 Å². The molecule has 0 fully saturated rings. The topological polar surface area (TPSA) is 84.5 Å². The van der Waals surface area contributed by atoms with Crippen molar-refractivity contribution >= 4 is 50.8 Å². The minimum atomic E-state index is -0.703. The van der Waals surface area contributed by atoms with Crippen LogP contribution in [0.5, 0.6) is 0 Å². The zero-order chi connectivity index (χ0) is 18.4. The summed E-state index contributed by atoms with van der Waals surface area (Å²) in [6.45, 7) is 3.56. The van der Waals surface area contributed by atoms with Crippen LogP contribution < -0.4 is 10.6 Å². The molecule has 0 radical (unpaired) electrons. The van der Waals surface area contributed by atoms with Gasteiger partial charge in [0.15, 0.2) is 6.61 Å². The highest BCUT2D eigenvalue weighted by molar-refractivity contribution is 7.21. The van der Waals surface area contributed by atoms with E-state index in [1.807, 2.05) is 31.2 Å². The number of thiophene rings is 1. The van der Waals surface area contributed by atoms with Crippen molar-refractivity contribution in [3.05, 3.63) is 34.2 Å². The monoisotopic (exact) mass is 382 g/mol. The molecule has 1 aromatic heterocycles. The van der Waals surface area contributed by atoms with Crippen molar-refractivity contribution in [2.75, 3.05) is 13.2 Å². The van der Waals surface area contributed by atoms with Gasteiger partial charge in [0.2, 0.25) is 5.91 Å². The van der Waals surface area contributed by atoms with Crippen LogP contribution in [0.1, 0.15) is 29.9 Å². The minimum Gasteiger partial charge on any atom is -0.451 e. The van der Waals surface area contributed by atoms with Gasteiger partial charge in [0.05, 0.1) is 5.02 Å². The highest BCUT2D eigenvalue weighted by Gasteiger charge is 2.20. The zero-order valence-corrected chi connectivity index (χ0v) is 15.5. The Kier molecular flexibility index (Phi) is 6.78. The molecule has 134 valence electrons. The lowest BCUT2D eigenvalue weighted by Gasteiger charge is -2.13. The molecule has 0 aliphatic heterocycles. The summed E-state index contributed by atoms with van der Waals surface area (Å²) in [7, 11) is 0. The van der Waals surface area contributed by atoms with Gasteiger partial charge in [-0.3, -0.25) is 9.59 Å². The van der Waals surface area contributed by atoms with Crippen molar-refractivity contribution in [1.29, 1.82) is 0 Å². The molecule has 0 spiro atoms. The smallest absolute Gasteiger partial charge is 0.350 e. The molecular weight excluding hydrogens is 364 g/mol. The standard InChI is InChI=1S/C17H19ClN2O4S/c1-3-8-19-16(22)10(2)20-13(21)9-24-17(23)15-14(18)11-6-4-5-7-12(11)25-15/h4-7,10H,3,8-9H2,1-2H3,(H,19,22)(H,20,21)/t10-/m1/s1. The molecule has 1 aromatic carbocycles. The lowest BCUT2D eigenvalue weighted by molar-refractivity contribution is -0.130. The van der Waals surface area contributed by atoms with Crippen LogP contribution in [0.25, 0.3) is 10.1 Å². The molecule has 0 aliphatic carbocycles. The molecule has 0 unspecified atom stereocenters. The Balaban J connectivity index is 1.89. The van der Waals surface area contributed by atoms with Gasteiger partial charge >= 0.3 is 5.97 Å². The van der Waals surface area contributed by atoms with Crippen molar-refractivity contribution in [2.24, 2.45) is 0 Å². The van der Waals surface area contributed by atoms with E-state index < -0.39 is 24.5 Å². The molecule has 0 saturated heterocycles. The molecule has 1 atom stereocenters. The molecule has 2 aromatic rings. The van der Waals surface area contributed by atoms with E-state index in [0.29, 0.717) is 11.6 Å². The number of hydrogen-bond acceptors (Lipinski definition) is 5. The Morgan fingerprint density at radius 3 is 2.68 bits per heavy atom. The van der Waals surface area contributed by atoms with Crippen LogP contribution in [-0.4, -0.2) is 37.0 Å². The first-order valence-corrected chi connectivity index (χ1v) is 9.04. The maximum Gasteiger partial charge on any atom is 0.350 e. The van der Waals surface area contributed by atoms with Crippen molar-refractivity contribution in [3.63, 3.8) is 0 Å². The number of benzene rings is 1. The normalized spacial score (nSPS) is 11.8. The molecule has 6 nitrogen and oxygen atoms in total. The average Bonchev–Trinajstić information content (AvgIpc) is 2.94. The zero-order valence-electron chi connectivity index (χ0n) is 13.9. The average molecular weight is 383 g/mol. The van der Waals surface area contributed by atoms with Crippen molar-refractivity contribution < 1.29 is 19.1 Å². The van der Waals surface area contributed by atoms with Crippen molar-refractivity contribution in [2.45, 2.75) is 26.3 Å². The largest absolute Gasteiger partial charge is 0.451 e. The first kappa shape index (κ1) is 19.2. The SMILES string of the molecule is CCCNC(=O)[C@@H](C)NC(=O)COC(=O)c1sc2ccccc2c1Cl. The van der Waals surface area contributed by atoms with Crippen LogP contribution >= 0.6 is 22.9 Å². The van der Waals surface area contributed by atoms with Gasteiger partial charge in [-0.25, -0.2) is 4.79 Å². The van der Waals surface area contributed by atoms with Crippen LogP contribution in [-0.2, 0) is 14.3 Å². The quantitative estimate of drug-likeness (QED) is 0.721. The van der Waals surface area contributed by atoms with Crippen LogP contribution in [0.4, 0.5) is 0 Å². The summed E-state index contributed by atoms with van der Waals surface area (Å²) in [6.07, 6.45) is 0.806. The molecule has 8 heteroatoms. The van der Waals surface area contributed by atoms with Gasteiger partial charge in [-0.15, -0.1) is 11.3 Å². The maximum absolute atomic E-state index is 12.1. The Hall–Kier alpha value is -2.12. The Morgan fingerprint density at radius 1 is 1.28 bits per heavy atom. The predicted octanol–water partition coefficient (Wildman–Crippen LogP) is 2.74. The third-order valence-corrected chi connectivity index (χ3v) is 5.03. The summed E-state index contributed by atoms with van der Waals surface area (Å²) in [5.41, 5.74) is 0. The Labute approximate surface area is 154 Å². The van der Waals surface area contributed by atoms with Crippen molar-refractivity contribution in [1.82, 2.24) is 10.6 Å². The Bertz CT molecular complexity index is 790. The van der Waals surface area contributed by atoms with Gasteiger partial charge in [0.1, 0.15) is 10.9 Å². The van der Waals surface area contributed by atoms with Crippen LogP contribution in [0, 0.1) is 0 Å². The third kappa shape index (κ3) is 4.93. The van der Waals surface area contributed by atoms with Gasteiger partial charge in [-0.05, 0) is 19.4 Å². The number of ether oxygens (including phenoxy) is 1. The second-order valence-corrected chi connectivity index (χ2v) is 6.83. The number of rotatable bonds is 7. The van der Waals surface area contributed by atoms with Gasteiger partial charge < -0.3 is 15.4 Å². The van der Waals surface area contributed by atoms with Gasteiger partial charge in [-0.1, -0.05) is 36.7 Å². The first-order valence-electron chi connectivity index (χ1n) is 7.85. The second-order valence-electron chi connectivity index (χ2n) is 5.40. The summed E-state index contributed by atoms with van der Waals surface area (Å²) in [6, 6.07) is 6.64. The summed E-state index contributed by atoms with van der Waals surface area (Å²) in [5, 5.41) is 6.24. The molecule has 2 N–H and O–H groups in total. The van der Waals surface area contributed by atoms with Crippen molar-refractivity contribution in [3.8, 4) is 0 Å². The van der Waals surface area contributed by atoms with E-state index >= 15 is 0 Å². The number of esters is 1. The predicted molar refractivity (Wildman–Crippen MR) is 98.0 cm³/mol. The summed E-state index contributed by atoms with van der Waals surface area (Å²) in [4.78, 5) is 35.9. The molecule has 2 rings (SSSR count). The van der Waals surface area contributed by atoms with E-state index in [0.717, 1.165) is 16.5 Å². The molecule has 2 amide bonds. The number of fused-ring (bicyclic) bond motifs is 1. The summed E-state index contributed by atoms with van der Waals surface area (Å²) < 4.78 is 5.87. The van der Waals surface area contributed by atoms with E-state index in [2.05, 4.69) is 10.6 Å². The fourth-order valence-electron chi connectivity index (χ4n) is 2.09. The number of amides is 2. The number of halogens is 1. The summed E-state index contributed by atoms with van der Waals surface area (Å²) >= 11 is 7.41. The van der Waals surface area contributed by atoms with Gasteiger partial charge in [0.25, 0.3) is 5.91 Å². The van der Waals surface area contributed by atoms with E-state index in [4.69, 9.17) is 16.3 Å². The lowest BCUT2D eigenvalue weighted by atomic mass is 10.2. The Morgan fingerprint density at radius 2 is 2.00 bits per heavy atom. The van der Waals surface area contributed by atoms with Gasteiger partial charge in [-0.2, -0.15) is 0 Å². The molecule has 0 saturated carbocycles. The highest BCUT2D eigenvalue weighted by Crippen LogP contribution is 2.35. The second kappa shape index (κ2) is 8.82. The number of nitrogens with one attached hydrogen (secondary N) is 2. The molecule has 0 aliphatic rings. The third-order valence-electron chi connectivity index (χ3n) is 3.37. The van der Waals surface area contributed by atoms with E-state index in [-0.39, 0.29) is 10.8 Å². The fourth-order valence-corrected chi connectivity index (χ4v) is 3.49. The minimum absolute atomic E-state index is 0.254. The number of hydrogen-bond donors (Lipinski definition) is 2. The highest BCUT2D eigenvalue weighted by atomic mass is 35.5. The lowest BCUT2D eigenvalue weighted by Crippen LogP contribution is -2.46. The number of carbonyl (C=O) groups excluding carboxylic acids is 3. The summed E-state index contributed by atoms with van der Waals surface area (Å²) in [5.74, 6) is -1.50. The molecule has 0 bridgehead atoms. The van der Waals surface area contributed by atoms with E-state index in [9.17, 15) is 14.4 Å². The van der Waals surface area contributed by atoms with Crippen LogP contribution in [0.3, 0.4) is 0 Å². The van der Waals surface area contributed by atoms with E-state index in [1.54, 1.807) is 6.92 Å². The van der Waals surface area contributed by atoms with E-state index in [1.165, 1.54) is 11.3 Å². The fraction of sp³-hybridized carbons (Fsp3) is 0.353. The molecule has 1 heterocycles. The van der Waals surface area contributed by atoms with Crippen LogP contribution in [0.2, 0.25) is 5.02 Å². The van der Waals surface area contributed by atoms with Crippen LogP contribution in [0.15, 0.2) is 24.3 Å². The molecular formula is C17H19ClN2O4S. The first-order chi connectivity index (χ1) is 11.9. The molecule has 25 heavy (non-hydrogen) atoms. The number of carbonyl (C=O) groups is 3. The maximum atomic E-state index is 12.1.